The van der Waals surface area contributed by atoms with Gasteiger partial charge in [-0.1, -0.05) is 55.8 Å². The number of thioether (sulfide) groups is 1. The molecule has 0 saturated carbocycles. The highest BCUT2D eigenvalue weighted by atomic mass is 32.2. The molecule has 40 heavy (non-hydrogen) atoms. The van der Waals surface area contributed by atoms with Crippen LogP contribution in [0.1, 0.15) is 55.4 Å². The van der Waals surface area contributed by atoms with Crippen molar-refractivity contribution in [1.82, 2.24) is 5.32 Å². The third-order valence-corrected chi connectivity index (χ3v) is 8.42. The number of hydrogen-bond donors (Lipinski definition) is 1. The third-order valence-electron chi connectivity index (χ3n) is 7.30. The van der Waals surface area contributed by atoms with Gasteiger partial charge >= 0.3 is 0 Å². The molecule has 208 valence electrons. The quantitative estimate of drug-likeness (QED) is 0.171. The summed E-state index contributed by atoms with van der Waals surface area (Å²) in [5, 5.41) is 3.22. The van der Waals surface area contributed by atoms with Crippen LogP contribution in [0.4, 0.5) is 4.79 Å². The molecule has 1 unspecified atom stereocenters. The summed E-state index contributed by atoms with van der Waals surface area (Å²) >= 11 is 1.000. The lowest BCUT2D eigenvalue weighted by molar-refractivity contribution is -0.121. The SMILES string of the molecule is CCCc1c(OCCCCOc2cccc(C3(C)SC(=O)NC3=O)c2)ccc2c(CCc3ccccc3)coc12. The maximum Gasteiger partial charge on any atom is 0.287 e. The number of hydrogen-bond acceptors (Lipinski definition) is 6. The number of fused-ring (bicyclic) bond motifs is 1. The molecular formula is C33H35NO5S. The molecule has 1 fully saturated rings. The molecular weight excluding hydrogens is 522 g/mol. The Kier molecular flexibility index (Phi) is 8.80. The van der Waals surface area contributed by atoms with Gasteiger partial charge in [0.25, 0.3) is 5.24 Å². The first-order valence-corrected chi connectivity index (χ1v) is 14.8. The molecule has 0 aliphatic carbocycles. The molecule has 2 heterocycles. The number of carbonyl (C=O) groups is 2. The molecule has 6 nitrogen and oxygen atoms in total. The van der Waals surface area contributed by atoms with E-state index in [1.54, 1.807) is 6.92 Å². The maximum absolute atomic E-state index is 12.3. The van der Waals surface area contributed by atoms with Gasteiger partial charge in [-0.2, -0.15) is 0 Å². The highest BCUT2D eigenvalue weighted by Gasteiger charge is 2.45. The number of nitrogens with one attached hydrogen (secondary N) is 1. The number of aryl methyl sites for hydroxylation is 3. The van der Waals surface area contributed by atoms with Crippen molar-refractivity contribution >= 4 is 33.9 Å². The number of furan rings is 1. The Balaban J connectivity index is 1.13. The average molecular weight is 558 g/mol. The molecule has 0 radical (unpaired) electrons. The molecule has 1 atom stereocenters. The molecule has 0 spiro atoms. The molecule has 0 bridgehead atoms. The summed E-state index contributed by atoms with van der Waals surface area (Å²) < 4.78 is 17.3. The smallest absolute Gasteiger partial charge is 0.287 e. The van der Waals surface area contributed by atoms with E-state index in [1.165, 1.54) is 16.5 Å². The average Bonchev–Trinajstić information content (AvgIpc) is 3.50. The Hall–Kier alpha value is -3.71. The Morgan fingerprint density at radius 2 is 1.70 bits per heavy atom. The fourth-order valence-electron chi connectivity index (χ4n) is 5.05. The minimum absolute atomic E-state index is 0.296. The van der Waals surface area contributed by atoms with Gasteiger partial charge in [0.05, 0.1) is 19.5 Å². The second kappa shape index (κ2) is 12.6. The van der Waals surface area contributed by atoms with Crippen molar-refractivity contribution in [1.29, 1.82) is 0 Å². The molecule has 1 aliphatic rings. The highest BCUT2D eigenvalue weighted by Crippen LogP contribution is 2.42. The Morgan fingerprint density at radius 3 is 2.45 bits per heavy atom. The number of rotatable bonds is 13. The minimum Gasteiger partial charge on any atom is -0.494 e. The Bertz CT molecular complexity index is 1480. The van der Waals surface area contributed by atoms with Crippen LogP contribution in [0.3, 0.4) is 0 Å². The third kappa shape index (κ3) is 6.20. The van der Waals surface area contributed by atoms with Gasteiger partial charge in [0.15, 0.2) is 0 Å². The first kappa shape index (κ1) is 27.8. The molecule has 1 aromatic heterocycles. The summed E-state index contributed by atoms with van der Waals surface area (Å²) in [6.45, 7) is 5.05. The van der Waals surface area contributed by atoms with Gasteiger partial charge in [0, 0.05) is 10.9 Å². The topological polar surface area (TPSA) is 77.8 Å². The standard InChI is InChI=1S/C33H35NO5S/c1-3-10-28-29(18-17-27-24(22-39-30(27)28)16-15-23-11-5-4-6-12-23)38-20-8-7-19-37-26-14-9-13-25(21-26)33(2)31(35)34-32(36)40-33/h4-6,9,11-14,17-18,21-22H,3,7-8,10,15-16,19-20H2,1-2H3,(H,34,35,36). The van der Waals surface area contributed by atoms with Gasteiger partial charge in [-0.25, -0.2) is 0 Å². The van der Waals surface area contributed by atoms with E-state index in [0.29, 0.717) is 19.0 Å². The van der Waals surface area contributed by atoms with E-state index >= 15 is 0 Å². The van der Waals surface area contributed by atoms with Crippen LogP contribution in [-0.2, 0) is 28.8 Å². The molecule has 4 aromatic rings. The largest absolute Gasteiger partial charge is 0.494 e. The molecule has 2 amide bonds. The fourth-order valence-corrected chi connectivity index (χ4v) is 5.95. The van der Waals surface area contributed by atoms with Gasteiger partial charge in [-0.05, 0) is 91.7 Å². The zero-order valence-corrected chi connectivity index (χ0v) is 23.9. The zero-order chi connectivity index (χ0) is 28.0. The van der Waals surface area contributed by atoms with E-state index in [4.69, 9.17) is 13.9 Å². The van der Waals surface area contributed by atoms with Gasteiger partial charge in [-0.3, -0.25) is 14.9 Å². The van der Waals surface area contributed by atoms with Crippen LogP contribution in [0, 0.1) is 0 Å². The van der Waals surface area contributed by atoms with Crippen LogP contribution < -0.4 is 14.8 Å². The van der Waals surface area contributed by atoms with Gasteiger partial charge in [0.2, 0.25) is 5.91 Å². The summed E-state index contributed by atoms with van der Waals surface area (Å²) in [7, 11) is 0. The molecule has 1 aliphatic heterocycles. The predicted octanol–water partition coefficient (Wildman–Crippen LogP) is 7.61. The Morgan fingerprint density at radius 1 is 0.900 bits per heavy atom. The lowest BCUT2D eigenvalue weighted by Crippen LogP contribution is -2.31. The van der Waals surface area contributed by atoms with Crippen molar-refractivity contribution in [3.8, 4) is 11.5 Å². The number of carbonyl (C=O) groups excluding carboxylic acids is 2. The van der Waals surface area contributed by atoms with Crippen LogP contribution in [-0.4, -0.2) is 24.4 Å². The summed E-state index contributed by atoms with van der Waals surface area (Å²) in [4.78, 5) is 24.0. The van der Waals surface area contributed by atoms with E-state index < -0.39 is 4.75 Å². The first-order chi connectivity index (χ1) is 19.5. The van der Waals surface area contributed by atoms with Crippen molar-refractivity contribution in [2.45, 2.75) is 57.1 Å². The molecule has 7 heteroatoms. The number of unbranched alkanes of at least 4 members (excludes halogenated alkanes) is 1. The number of imide groups is 1. The first-order valence-electron chi connectivity index (χ1n) is 13.9. The highest BCUT2D eigenvalue weighted by molar-refractivity contribution is 8.15. The van der Waals surface area contributed by atoms with Crippen molar-refractivity contribution < 1.29 is 23.5 Å². The van der Waals surface area contributed by atoms with Crippen LogP contribution in [0.25, 0.3) is 11.0 Å². The number of amides is 2. The molecule has 5 rings (SSSR count). The molecule has 1 saturated heterocycles. The lowest BCUT2D eigenvalue weighted by Gasteiger charge is -2.19. The molecule has 3 aromatic carbocycles. The summed E-state index contributed by atoms with van der Waals surface area (Å²) in [6, 6.07) is 22.2. The van der Waals surface area contributed by atoms with Gasteiger partial charge < -0.3 is 13.9 Å². The van der Waals surface area contributed by atoms with Crippen LogP contribution in [0.5, 0.6) is 11.5 Å². The van der Waals surface area contributed by atoms with Crippen molar-refractivity contribution in [2.24, 2.45) is 0 Å². The number of ether oxygens (including phenoxy) is 2. The van der Waals surface area contributed by atoms with E-state index in [1.807, 2.05) is 36.6 Å². The minimum atomic E-state index is -0.932. The summed E-state index contributed by atoms with van der Waals surface area (Å²) in [6.07, 6.45) is 7.40. The predicted molar refractivity (Wildman–Crippen MR) is 159 cm³/mol. The van der Waals surface area contributed by atoms with Crippen LogP contribution >= 0.6 is 11.8 Å². The zero-order valence-electron chi connectivity index (χ0n) is 23.0. The van der Waals surface area contributed by atoms with E-state index in [9.17, 15) is 9.59 Å². The van der Waals surface area contributed by atoms with Gasteiger partial charge in [-0.15, -0.1) is 0 Å². The van der Waals surface area contributed by atoms with Crippen molar-refractivity contribution in [3.63, 3.8) is 0 Å². The van der Waals surface area contributed by atoms with Crippen LogP contribution in [0.15, 0.2) is 77.4 Å². The monoisotopic (exact) mass is 557 g/mol. The van der Waals surface area contributed by atoms with E-state index in [2.05, 4.69) is 48.6 Å². The second-order valence-corrected chi connectivity index (χ2v) is 11.6. The number of benzene rings is 3. The normalized spacial score (nSPS) is 16.9. The van der Waals surface area contributed by atoms with Crippen molar-refractivity contribution in [3.05, 3.63) is 95.2 Å². The molecule has 1 N–H and O–H groups in total. The summed E-state index contributed by atoms with van der Waals surface area (Å²) in [5.74, 6) is 1.28. The van der Waals surface area contributed by atoms with Crippen molar-refractivity contribution in [2.75, 3.05) is 13.2 Å². The fraction of sp³-hybridized carbons (Fsp3) is 0.333. The van der Waals surface area contributed by atoms with E-state index in [-0.39, 0.29) is 11.1 Å². The summed E-state index contributed by atoms with van der Waals surface area (Å²) in [5.41, 5.74) is 5.39. The maximum atomic E-state index is 12.3. The lowest BCUT2D eigenvalue weighted by atomic mass is 9.99. The van der Waals surface area contributed by atoms with Gasteiger partial charge in [0.1, 0.15) is 21.8 Å². The Labute approximate surface area is 239 Å². The van der Waals surface area contributed by atoms with E-state index in [0.717, 1.165) is 72.7 Å². The second-order valence-electron chi connectivity index (χ2n) is 10.2. The van der Waals surface area contributed by atoms with Crippen LogP contribution in [0.2, 0.25) is 0 Å².